The van der Waals surface area contributed by atoms with Crippen LogP contribution in [0, 0.1) is 0 Å². The number of methoxy groups -OCH3 is 2. The number of nitrogens with zero attached hydrogens (tertiary/aromatic N) is 1. The summed E-state index contributed by atoms with van der Waals surface area (Å²) in [6.07, 6.45) is 1.04. The molecule has 2 fully saturated rings. The molecule has 31 heavy (non-hydrogen) atoms. The molecule has 2 aromatic rings. The lowest BCUT2D eigenvalue weighted by Gasteiger charge is -2.37. The maximum absolute atomic E-state index is 13.3. The van der Waals surface area contributed by atoms with Gasteiger partial charge in [0, 0.05) is 25.9 Å². The Morgan fingerprint density at radius 3 is 1.74 bits per heavy atom. The molecule has 0 amide bonds. The Morgan fingerprint density at radius 2 is 1.32 bits per heavy atom. The molecule has 0 radical (unpaired) electrons. The quantitative estimate of drug-likeness (QED) is 0.700. The summed E-state index contributed by atoms with van der Waals surface area (Å²) in [5, 5.41) is 0. The lowest BCUT2D eigenvalue weighted by atomic mass is 9.99. The van der Waals surface area contributed by atoms with Gasteiger partial charge in [-0.2, -0.15) is 17.4 Å². The number of nitrogens with one attached hydrogen (secondary N) is 1. The number of rotatable bonds is 7. The van der Waals surface area contributed by atoms with Gasteiger partial charge in [-0.3, -0.25) is 0 Å². The van der Waals surface area contributed by atoms with Crippen LogP contribution in [0.1, 0.15) is 30.0 Å². The second kappa shape index (κ2) is 9.13. The van der Waals surface area contributed by atoms with Crippen LogP contribution in [0.15, 0.2) is 48.5 Å². The van der Waals surface area contributed by atoms with E-state index >= 15 is 0 Å². The van der Waals surface area contributed by atoms with Crippen LogP contribution in [0.25, 0.3) is 0 Å². The van der Waals surface area contributed by atoms with Crippen LogP contribution in [-0.4, -0.2) is 59.0 Å². The Kier molecular flexibility index (Phi) is 6.49. The number of hydrogen-bond acceptors (Lipinski definition) is 6. The van der Waals surface area contributed by atoms with Gasteiger partial charge in [-0.15, -0.1) is 0 Å². The van der Waals surface area contributed by atoms with Crippen molar-refractivity contribution in [3.63, 3.8) is 0 Å². The molecule has 1 spiro atoms. The molecule has 2 saturated heterocycles. The van der Waals surface area contributed by atoms with Gasteiger partial charge in [-0.05, 0) is 35.4 Å². The first kappa shape index (κ1) is 22.0. The molecule has 8 nitrogen and oxygen atoms in total. The smallest absolute Gasteiger partial charge is 0.280 e. The molecule has 4 rings (SSSR count). The van der Waals surface area contributed by atoms with E-state index in [1.54, 1.807) is 14.2 Å². The van der Waals surface area contributed by atoms with E-state index in [9.17, 15) is 8.42 Å². The molecule has 2 aliphatic heterocycles. The van der Waals surface area contributed by atoms with E-state index in [1.807, 2.05) is 48.5 Å². The standard InChI is InChI=1S/C22H28N2O6S/c1-27-19-7-3-17(4-8-19)21(18-5-9-20(28-2)10-6-18)23-31(25,26)24-13-11-22(12-14-24)29-15-16-30-22/h3-10,21,23H,11-16H2,1-2H3. The number of piperidine rings is 1. The van der Waals surface area contributed by atoms with Gasteiger partial charge in [-0.25, -0.2) is 0 Å². The molecule has 2 heterocycles. The van der Waals surface area contributed by atoms with Crippen LogP contribution in [0.5, 0.6) is 11.5 Å². The SMILES string of the molecule is COc1ccc(C(NS(=O)(=O)N2CCC3(CC2)OCCO3)c2ccc(OC)cc2)cc1. The Bertz CT molecular complexity index is 915. The van der Waals surface area contributed by atoms with Crippen molar-refractivity contribution in [1.29, 1.82) is 0 Å². The summed E-state index contributed by atoms with van der Waals surface area (Å²) in [7, 11) is -0.553. The Morgan fingerprint density at radius 1 is 0.871 bits per heavy atom. The second-order valence-electron chi connectivity index (χ2n) is 7.61. The average molecular weight is 449 g/mol. The zero-order valence-electron chi connectivity index (χ0n) is 17.7. The van der Waals surface area contributed by atoms with Crippen molar-refractivity contribution in [2.45, 2.75) is 24.7 Å². The summed E-state index contributed by atoms with van der Waals surface area (Å²) in [6, 6.07) is 14.2. The van der Waals surface area contributed by atoms with Crippen LogP contribution in [0.4, 0.5) is 0 Å². The van der Waals surface area contributed by atoms with Crippen molar-refractivity contribution in [1.82, 2.24) is 9.03 Å². The van der Waals surface area contributed by atoms with Gasteiger partial charge in [0.1, 0.15) is 11.5 Å². The number of hydrogen-bond donors (Lipinski definition) is 1. The molecule has 0 unspecified atom stereocenters. The highest BCUT2D eigenvalue weighted by Gasteiger charge is 2.42. The van der Waals surface area contributed by atoms with Crippen molar-refractivity contribution in [3.8, 4) is 11.5 Å². The summed E-state index contributed by atoms with van der Waals surface area (Å²) in [5.74, 6) is 0.785. The highest BCUT2D eigenvalue weighted by atomic mass is 32.2. The van der Waals surface area contributed by atoms with E-state index in [2.05, 4.69) is 4.72 Å². The van der Waals surface area contributed by atoms with E-state index in [-0.39, 0.29) is 0 Å². The second-order valence-corrected chi connectivity index (χ2v) is 9.31. The van der Waals surface area contributed by atoms with Gasteiger partial charge in [0.2, 0.25) is 0 Å². The van der Waals surface area contributed by atoms with Gasteiger partial charge in [0.25, 0.3) is 10.2 Å². The zero-order valence-corrected chi connectivity index (χ0v) is 18.6. The molecule has 0 bridgehead atoms. The molecule has 168 valence electrons. The predicted molar refractivity (Wildman–Crippen MR) is 115 cm³/mol. The fourth-order valence-electron chi connectivity index (χ4n) is 4.00. The molecule has 9 heteroatoms. The minimum Gasteiger partial charge on any atom is -0.497 e. The highest BCUT2D eigenvalue weighted by Crippen LogP contribution is 2.33. The normalized spacial score (nSPS) is 19.1. The van der Waals surface area contributed by atoms with Crippen molar-refractivity contribution in [2.75, 3.05) is 40.5 Å². The number of benzene rings is 2. The molecule has 0 aliphatic carbocycles. The minimum atomic E-state index is -3.75. The van der Waals surface area contributed by atoms with Crippen LogP contribution >= 0.6 is 0 Å². The molecule has 1 N–H and O–H groups in total. The van der Waals surface area contributed by atoms with Crippen LogP contribution in [0.2, 0.25) is 0 Å². The maximum Gasteiger partial charge on any atom is 0.280 e. The molecular weight excluding hydrogens is 420 g/mol. The van der Waals surface area contributed by atoms with E-state index < -0.39 is 22.0 Å². The molecular formula is C22H28N2O6S. The van der Waals surface area contributed by atoms with Gasteiger partial charge in [0.05, 0.1) is 33.5 Å². The van der Waals surface area contributed by atoms with Crippen molar-refractivity contribution in [3.05, 3.63) is 59.7 Å². The molecule has 0 saturated carbocycles. The third-order valence-electron chi connectivity index (χ3n) is 5.80. The third-order valence-corrected chi connectivity index (χ3v) is 7.38. The van der Waals surface area contributed by atoms with Gasteiger partial charge < -0.3 is 18.9 Å². The predicted octanol–water partition coefficient (Wildman–Crippen LogP) is 2.47. The van der Waals surface area contributed by atoms with E-state index in [4.69, 9.17) is 18.9 Å². The lowest BCUT2D eigenvalue weighted by Crippen LogP contribution is -2.51. The number of ether oxygens (including phenoxy) is 4. The van der Waals surface area contributed by atoms with Gasteiger partial charge in [-0.1, -0.05) is 24.3 Å². The van der Waals surface area contributed by atoms with E-state index in [1.165, 1.54) is 4.31 Å². The topological polar surface area (TPSA) is 86.3 Å². The van der Waals surface area contributed by atoms with Crippen LogP contribution in [-0.2, 0) is 19.7 Å². The van der Waals surface area contributed by atoms with Crippen molar-refractivity contribution >= 4 is 10.2 Å². The maximum atomic E-state index is 13.3. The first-order valence-electron chi connectivity index (χ1n) is 10.3. The first-order chi connectivity index (χ1) is 14.9. The average Bonchev–Trinajstić information content (AvgIpc) is 3.26. The van der Waals surface area contributed by atoms with Gasteiger partial charge >= 0.3 is 0 Å². The summed E-state index contributed by atoms with van der Waals surface area (Å²) >= 11 is 0. The fourth-order valence-corrected chi connectivity index (χ4v) is 5.38. The summed E-state index contributed by atoms with van der Waals surface area (Å²) in [4.78, 5) is 0. The summed E-state index contributed by atoms with van der Waals surface area (Å²) in [5.41, 5.74) is 1.62. The molecule has 0 atom stereocenters. The van der Waals surface area contributed by atoms with Gasteiger partial charge in [0.15, 0.2) is 5.79 Å². The summed E-state index contributed by atoms with van der Waals surface area (Å²) in [6.45, 7) is 1.80. The van der Waals surface area contributed by atoms with Crippen LogP contribution in [0.3, 0.4) is 0 Å². The first-order valence-corrected chi connectivity index (χ1v) is 11.7. The molecule has 2 aromatic carbocycles. The lowest BCUT2D eigenvalue weighted by molar-refractivity contribution is -0.179. The van der Waals surface area contributed by atoms with E-state index in [0.29, 0.717) is 50.6 Å². The largest absolute Gasteiger partial charge is 0.497 e. The molecule has 2 aliphatic rings. The van der Waals surface area contributed by atoms with Crippen molar-refractivity contribution in [2.24, 2.45) is 0 Å². The third kappa shape index (κ3) is 4.86. The highest BCUT2D eigenvalue weighted by molar-refractivity contribution is 7.87. The monoisotopic (exact) mass is 448 g/mol. The Balaban J connectivity index is 1.56. The van der Waals surface area contributed by atoms with Crippen molar-refractivity contribution < 1.29 is 27.4 Å². The zero-order chi connectivity index (χ0) is 21.9. The van der Waals surface area contributed by atoms with Crippen LogP contribution < -0.4 is 14.2 Å². The van der Waals surface area contributed by atoms with E-state index in [0.717, 1.165) is 11.1 Å². The fraction of sp³-hybridized carbons (Fsp3) is 0.455. The Labute approximate surface area is 183 Å². The molecule has 0 aromatic heterocycles. The Hall–Kier alpha value is -2.17. The summed E-state index contributed by atoms with van der Waals surface area (Å²) < 4.78 is 52.8. The minimum absolute atomic E-state index is 0.341.